The van der Waals surface area contributed by atoms with Crippen molar-refractivity contribution >= 4 is 28.7 Å². The van der Waals surface area contributed by atoms with E-state index in [4.69, 9.17) is 17.3 Å². The van der Waals surface area contributed by atoms with Crippen LogP contribution < -0.4 is 11.1 Å². The summed E-state index contributed by atoms with van der Waals surface area (Å²) in [5.41, 5.74) is 9.31. The number of nitrogens with one attached hydrogen (secondary N) is 1. The topological polar surface area (TPSA) is 50.9 Å². The Labute approximate surface area is 99.3 Å². The Kier molecular flexibility index (Phi) is 2.97. The van der Waals surface area contributed by atoms with Gasteiger partial charge in [0.2, 0.25) is 0 Å². The lowest BCUT2D eigenvalue weighted by Crippen LogP contribution is -1.97. The summed E-state index contributed by atoms with van der Waals surface area (Å²) >= 11 is 5.80. The molecule has 3 nitrogen and oxygen atoms in total. The molecule has 0 atom stereocenters. The van der Waals surface area contributed by atoms with Gasteiger partial charge in [-0.15, -0.1) is 0 Å². The van der Waals surface area contributed by atoms with Gasteiger partial charge in [0.05, 0.1) is 17.6 Å². The van der Waals surface area contributed by atoms with Crippen LogP contribution in [-0.2, 0) is 0 Å². The summed E-state index contributed by atoms with van der Waals surface area (Å²) in [6.07, 6.45) is 1.54. The standard InChI is InChI=1S/C12H12ClN3/c1-8-2-4-9(5-3-8)16-11-6-12(13)15-7-10(11)14/h2-7H,14H2,1H3,(H,15,16). The number of halogens is 1. The van der Waals surface area contributed by atoms with Crippen molar-refractivity contribution < 1.29 is 0 Å². The summed E-state index contributed by atoms with van der Waals surface area (Å²) in [5, 5.41) is 3.61. The normalized spacial score (nSPS) is 10.1. The molecule has 82 valence electrons. The molecule has 0 saturated heterocycles. The molecule has 0 aliphatic rings. The minimum atomic E-state index is 0.420. The summed E-state index contributed by atoms with van der Waals surface area (Å²) in [7, 11) is 0. The summed E-state index contributed by atoms with van der Waals surface area (Å²) in [5.74, 6) is 0. The third kappa shape index (κ3) is 2.44. The molecule has 0 bridgehead atoms. The maximum absolute atomic E-state index is 5.80. The molecule has 1 aromatic carbocycles. The second-order valence-corrected chi connectivity index (χ2v) is 3.97. The number of aromatic nitrogens is 1. The maximum Gasteiger partial charge on any atom is 0.131 e. The third-order valence-electron chi connectivity index (χ3n) is 2.23. The molecule has 4 heteroatoms. The minimum Gasteiger partial charge on any atom is -0.396 e. The summed E-state index contributed by atoms with van der Waals surface area (Å²) in [4.78, 5) is 3.90. The van der Waals surface area contributed by atoms with E-state index in [2.05, 4.69) is 10.3 Å². The number of benzene rings is 1. The van der Waals surface area contributed by atoms with Crippen molar-refractivity contribution in [3.05, 3.63) is 47.2 Å². The Morgan fingerprint density at radius 3 is 2.62 bits per heavy atom. The van der Waals surface area contributed by atoms with Crippen LogP contribution in [0.5, 0.6) is 0 Å². The van der Waals surface area contributed by atoms with Gasteiger partial charge in [-0.05, 0) is 19.1 Å². The Hall–Kier alpha value is -1.74. The number of hydrogen-bond acceptors (Lipinski definition) is 3. The SMILES string of the molecule is Cc1ccc(Nc2cc(Cl)ncc2N)cc1. The highest BCUT2D eigenvalue weighted by Gasteiger charge is 2.01. The zero-order valence-electron chi connectivity index (χ0n) is 8.87. The van der Waals surface area contributed by atoms with Gasteiger partial charge in [0.15, 0.2) is 0 Å². The smallest absolute Gasteiger partial charge is 0.131 e. The quantitative estimate of drug-likeness (QED) is 0.782. The Morgan fingerprint density at radius 2 is 1.94 bits per heavy atom. The molecule has 2 aromatic rings. The first-order valence-electron chi connectivity index (χ1n) is 4.90. The Bertz CT molecular complexity index is 494. The lowest BCUT2D eigenvalue weighted by Gasteiger charge is -2.09. The number of aryl methyl sites for hydroxylation is 1. The van der Waals surface area contributed by atoms with E-state index in [-0.39, 0.29) is 0 Å². The van der Waals surface area contributed by atoms with Crippen molar-refractivity contribution in [3.63, 3.8) is 0 Å². The van der Waals surface area contributed by atoms with E-state index in [0.717, 1.165) is 11.4 Å². The van der Waals surface area contributed by atoms with Crippen LogP contribution in [0.15, 0.2) is 36.5 Å². The highest BCUT2D eigenvalue weighted by Crippen LogP contribution is 2.24. The van der Waals surface area contributed by atoms with Crippen molar-refractivity contribution in [1.29, 1.82) is 0 Å². The molecule has 0 aliphatic heterocycles. The molecule has 0 saturated carbocycles. The molecule has 1 heterocycles. The van der Waals surface area contributed by atoms with E-state index in [1.165, 1.54) is 5.56 Å². The van der Waals surface area contributed by atoms with Gasteiger partial charge in [0.1, 0.15) is 5.15 Å². The van der Waals surface area contributed by atoms with Gasteiger partial charge in [-0.2, -0.15) is 0 Å². The Balaban J connectivity index is 2.26. The first-order chi connectivity index (χ1) is 7.65. The number of nitrogens with two attached hydrogens (primary N) is 1. The minimum absolute atomic E-state index is 0.420. The van der Waals surface area contributed by atoms with Crippen LogP contribution in [0.2, 0.25) is 5.15 Å². The fraction of sp³-hybridized carbons (Fsp3) is 0.0833. The molecular formula is C12H12ClN3. The largest absolute Gasteiger partial charge is 0.396 e. The summed E-state index contributed by atoms with van der Waals surface area (Å²) in [6.45, 7) is 2.04. The van der Waals surface area contributed by atoms with Gasteiger partial charge in [-0.1, -0.05) is 29.3 Å². The van der Waals surface area contributed by atoms with E-state index in [1.807, 2.05) is 31.2 Å². The van der Waals surface area contributed by atoms with Crippen molar-refractivity contribution in [3.8, 4) is 0 Å². The average Bonchev–Trinajstić information content (AvgIpc) is 2.27. The van der Waals surface area contributed by atoms with Crippen LogP contribution >= 0.6 is 11.6 Å². The molecule has 16 heavy (non-hydrogen) atoms. The summed E-state index contributed by atoms with van der Waals surface area (Å²) in [6, 6.07) is 9.74. The molecule has 1 aromatic heterocycles. The van der Waals surface area contributed by atoms with E-state index in [9.17, 15) is 0 Å². The first-order valence-corrected chi connectivity index (χ1v) is 5.27. The van der Waals surface area contributed by atoms with Crippen LogP contribution in [-0.4, -0.2) is 4.98 Å². The molecule has 2 rings (SSSR count). The number of rotatable bonds is 2. The van der Waals surface area contributed by atoms with Crippen molar-refractivity contribution in [2.24, 2.45) is 0 Å². The van der Waals surface area contributed by atoms with E-state index < -0.39 is 0 Å². The van der Waals surface area contributed by atoms with Gasteiger partial charge < -0.3 is 11.1 Å². The second kappa shape index (κ2) is 4.41. The lowest BCUT2D eigenvalue weighted by atomic mass is 10.2. The molecule has 0 radical (unpaired) electrons. The fourth-order valence-corrected chi connectivity index (χ4v) is 1.50. The number of hydrogen-bond donors (Lipinski definition) is 2. The number of anilines is 3. The molecule has 0 aliphatic carbocycles. The van der Waals surface area contributed by atoms with Gasteiger partial charge in [-0.25, -0.2) is 4.98 Å². The third-order valence-corrected chi connectivity index (χ3v) is 2.44. The summed E-state index contributed by atoms with van der Waals surface area (Å²) < 4.78 is 0. The number of nitrogen functional groups attached to an aromatic ring is 1. The predicted octanol–water partition coefficient (Wildman–Crippen LogP) is 3.37. The highest BCUT2D eigenvalue weighted by atomic mass is 35.5. The molecular weight excluding hydrogens is 222 g/mol. The van der Waals surface area contributed by atoms with Crippen LogP contribution in [0.25, 0.3) is 0 Å². The van der Waals surface area contributed by atoms with Gasteiger partial charge >= 0.3 is 0 Å². The van der Waals surface area contributed by atoms with E-state index >= 15 is 0 Å². The monoisotopic (exact) mass is 233 g/mol. The molecule has 3 N–H and O–H groups in total. The second-order valence-electron chi connectivity index (χ2n) is 3.59. The molecule has 0 amide bonds. The van der Waals surface area contributed by atoms with Crippen molar-refractivity contribution in [2.45, 2.75) is 6.92 Å². The van der Waals surface area contributed by atoms with Crippen molar-refractivity contribution in [1.82, 2.24) is 4.98 Å². The van der Waals surface area contributed by atoms with Gasteiger partial charge in [0, 0.05) is 11.8 Å². The van der Waals surface area contributed by atoms with E-state index in [0.29, 0.717) is 10.8 Å². The van der Waals surface area contributed by atoms with Crippen LogP contribution in [0.3, 0.4) is 0 Å². The molecule has 0 fully saturated rings. The van der Waals surface area contributed by atoms with Crippen LogP contribution in [0.4, 0.5) is 17.1 Å². The molecule has 0 unspecified atom stereocenters. The zero-order valence-corrected chi connectivity index (χ0v) is 9.62. The first kappa shape index (κ1) is 10.8. The lowest BCUT2D eigenvalue weighted by molar-refractivity contribution is 1.33. The number of nitrogens with zero attached hydrogens (tertiary/aromatic N) is 1. The maximum atomic E-state index is 5.80. The predicted molar refractivity (Wildman–Crippen MR) is 68.1 cm³/mol. The van der Waals surface area contributed by atoms with E-state index in [1.54, 1.807) is 12.3 Å². The molecule has 0 spiro atoms. The van der Waals surface area contributed by atoms with Gasteiger partial charge in [-0.3, -0.25) is 0 Å². The van der Waals surface area contributed by atoms with Crippen LogP contribution in [0, 0.1) is 6.92 Å². The van der Waals surface area contributed by atoms with Gasteiger partial charge in [0.25, 0.3) is 0 Å². The zero-order chi connectivity index (χ0) is 11.5. The highest BCUT2D eigenvalue weighted by molar-refractivity contribution is 6.29. The average molecular weight is 234 g/mol. The number of pyridine rings is 1. The van der Waals surface area contributed by atoms with Crippen molar-refractivity contribution in [2.75, 3.05) is 11.1 Å². The van der Waals surface area contributed by atoms with Crippen LogP contribution in [0.1, 0.15) is 5.56 Å². The fourth-order valence-electron chi connectivity index (χ4n) is 1.34. The Morgan fingerprint density at radius 1 is 1.25 bits per heavy atom.